The van der Waals surface area contributed by atoms with Gasteiger partial charge in [0.15, 0.2) is 0 Å². The maximum Gasteiger partial charge on any atom is 0.326 e. The largest absolute Gasteiger partial charge is 0.480 e. The maximum atomic E-state index is 12.5. The van der Waals surface area contributed by atoms with Crippen molar-refractivity contribution < 1.29 is 14.7 Å². The van der Waals surface area contributed by atoms with Gasteiger partial charge in [-0.3, -0.25) is 9.59 Å². The van der Waals surface area contributed by atoms with Gasteiger partial charge in [0, 0.05) is 18.3 Å². The summed E-state index contributed by atoms with van der Waals surface area (Å²) in [7, 11) is 0. The van der Waals surface area contributed by atoms with Crippen LogP contribution in [0.25, 0.3) is 0 Å². The van der Waals surface area contributed by atoms with E-state index in [9.17, 15) is 19.5 Å². The number of unbranched alkanes of at least 4 members (excludes halogenated alkanes) is 1. The lowest BCUT2D eigenvalue weighted by molar-refractivity contribution is -0.143. The van der Waals surface area contributed by atoms with Crippen LogP contribution in [0.4, 0.5) is 0 Å². The van der Waals surface area contributed by atoms with Gasteiger partial charge in [-0.2, -0.15) is 0 Å². The van der Waals surface area contributed by atoms with E-state index in [0.717, 1.165) is 12.8 Å². The number of hydrogen-bond donors (Lipinski definition) is 2. The Balaban J connectivity index is 2.85. The van der Waals surface area contributed by atoms with Crippen LogP contribution in [-0.4, -0.2) is 27.6 Å². The summed E-state index contributed by atoms with van der Waals surface area (Å²) in [6.45, 7) is 7.29. The summed E-state index contributed by atoms with van der Waals surface area (Å²) in [5, 5.41) is 11.8. The average molecular weight is 322 g/mol. The fraction of sp³-hybridized carbons (Fsp3) is 0.588. The summed E-state index contributed by atoms with van der Waals surface area (Å²) < 4.78 is 1.48. The van der Waals surface area contributed by atoms with Crippen LogP contribution in [0, 0.1) is 12.3 Å². The summed E-state index contributed by atoms with van der Waals surface area (Å²) >= 11 is 0. The normalized spacial score (nSPS) is 12.7. The summed E-state index contributed by atoms with van der Waals surface area (Å²) in [5.41, 5.74) is -0.429. The molecule has 23 heavy (non-hydrogen) atoms. The van der Waals surface area contributed by atoms with Gasteiger partial charge in [0.05, 0.1) is 5.41 Å². The van der Waals surface area contributed by atoms with Gasteiger partial charge in [-0.1, -0.05) is 25.8 Å². The quantitative estimate of drug-likeness (QED) is 0.765. The van der Waals surface area contributed by atoms with Gasteiger partial charge in [-0.25, -0.2) is 4.79 Å². The van der Waals surface area contributed by atoms with Crippen LogP contribution in [0.15, 0.2) is 23.1 Å². The van der Waals surface area contributed by atoms with Crippen LogP contribution in [0.3, 0.4) is 0 Å². The van der Waals surface area contributed by atoms with Gasteiger partial charge >= 0.3 is 5.97 Å². The molecule has 0 radical (unpaired) electrons. The van der Waals surface area contributed by atoms with E-state index in [4.69, 9.17) is 0 Å². The zero-order valence-corrected chi connectivity index (χ0v) is 14.3. The van der Waals surface area contributed by atoms with Crippen molar-refractivity contribution in [3.8, 4) is 0 Å². The van der Waals surface area contributed by atoms with Crippen LogP contribution >= 0.6 is 0 Å². The Morgan fingerprint density at radius 2 is 2.04 bits per heavy atom. The highest BCUT2D eigenvalue weighted by atomic mass is 16.4. The molecule has 0 aromatic carbocycles. The predicted octanol–water partition coefficient (Wildman–Crippen LogP) is 1.94. The highest BCUT2D eigenvalue weighted by Gasteiger charge is 2.31. The molecule has 0 bridgehead atoms. The fourth-order valence-electron chi connectivity index (χ4n) is 2.30. The second kappa shape index (κ2) is 7.94. The molecule has 1 unspecified atom stereocenters. The summed E-state index contributed by atoms with van der Waals surface area (Å²) in [6, 6.07) is 2.58. The molecule has 1 amide bonds. The average Bonchev–Trinajstić information content (AvgIpc) is 2.47. The monoisotopic (exact) mass is 322 g/mol. The molecule has 0 saturated heterocycles. The number of aryl methyl sites for hydroxylation is 1. The topological polar surface area (TPSA) is 88.4 Å². The Kier molecular flexibility index (Phi) is 6.54. The first kappa shape index (κ1) is 18.9. The molecule has 6 heteroatoms. The van der Waals surface area contributed by atoms with E-state index >= 15 is 0 Å². The van der Waals surface area contributed by atoms with Gasteiger partial charge in [-0.15, -0.1) is 0 Å². The molecule has 1 atom stereocenters. The van der Waals surface area contributed by atoms with Crippen molar-refractivity contribution in [2.24, 2.45) is 5.41 Å². The van der Waals surface area contributed by atoms with Crippen molar-refractivity contribution in [3.63, 3.8) is 0 Å². The molecule has 0 aliphatic heterocycles. The predicted molar refractivity (Wildman–Crippen MR) is 88.3 cm³/mol. The number of pyridine rings is 1. The number of aliphatic carboxylic acids is 1. The zero-order chi connectivity index (χ0) is 17.6. The third-order valence-corrected chi connectivity index (χ3v) is 3.84. The van der Waals surface area contributed by atoms with E-state index < -0.39 is 17.4 Å². The molecule has 0 fully saturated rings. The Morgan fingerprint density at radius 3 is 2.61 bits per heavy atom. The van der Waals surface area contributed by atoms with Crippen LogP contribution in [0.5, 0.6) is 0 Å². The van der Waals surface area contributed by atoms with E-state index in [2.05, 4.69) is 5.32 Å². The highest BCUT2D eigenvalue weighted by Crippen LogP contribution is 2.18. The van der Waals surface area contributed by atoms with Gasteiger partial charge in [-0.05, 0) is 33.3 Å². The van der Waals surface area contributed by atoms with Crippen molar-refractivity contribution in [1.82, 2.24) is 9.88 Å². The van der Waals surface area contributed by atoms with E-state index in [1.54, 1.807) is 39.1 Å². The minimum atomic E-state index is -1.03. The lowest BCUT2D eigenvalue weighted by Crippen LogP contribution is -2.48. The number of carbonyl (C=O) groups excluding carboxylic acids is 1. The van der Waals surface area contributed by atoms with Crippen molar-refractivity contribution in [1.29, 1.82) is 0 Å². The molecule has 1 rings (SSSR count). The molecular formula is C17H26N2O4. The maximum absolute atomic E-state index is 12.5. The highest BCUT2D eigenvalue weighted by molar-refractivity contribution is 5.86. The molecule has 1 aromatic heterocycles. The molecule has 0 aliphatic carbocycles. The minimum Gasteiger partial charge on any atom is -0.480 e. The molecule has 2 N–H and O–H groups in total. The molecule has 128 valence electrons. The first-order chi connectivity index (χ1) is 10.7. The fourth-order valence-corrected chi connectivity index (χ4v) is 2.30. The molecule has 1 aromatic rings. The molecule has 1 heterocycles. The Labute approximate surface area is 136 Å². The summed E-state index contributed by atoms with van der Waals surface area (Å²) in [4.78, 5) is 35.8. The number of rotatable bonds is 8. The number of aromatic nitrogens is 1. The Morgan fingerprint density at radius 1 is 1.39 bits per heavy atom. The number of carbonyl (C=O) groups is 2. The van der Waals surface area contributed by atoms with Gasteiger partial charge in [0.2, 0.25) is 5.91 Å². The van der Waals surface area contributed by atoms with Gasteiger partial charge in [0.1, 0.15) is 6.04 Å². The molecule has 0 aliphatic rings. The van der Waals surface area contributed by atoms with Crippen molar-refractivity contribution in [3.05, 3.63) is 34.2 Å². The second-order valence-corrected chi connectivity index (χ2v) is 6.51. The Hall–Kier alpha value is -2.11. The van der Waals surface area contributed by atoms with E-state index in [1.165, 1.54) is 4.57 Å². The first-order valence-electron chi connectivity index (χ1n) is 7.89. The van der Waals surface area contributed by atoms with E-state index in [0.29, 0.717) is 12.0 Å². The first-order valence-corrected chi connectivity index (χ1v) is 7.89. The smallest absolute Gasteiger partial charge is 0.326 e. The lowest BCUT2D eigenvalue weighted by Gasteiger charge is -2.26. The zero-order valence-electron chi connectivity index (χ0n) is 14.3. The number of nitrogens with zero attached hydrogens (tertiary/aromatic N) is 1. The third-order valence-electron chi connectivity index (χ3n) is 3.84. The van der Waals surface area contributed by atoms with Crippen molar-refractivity contribution in [2.45, 2.75) is 59.5 Å². The molecule has 0 saturated carbocycles. The van der Waals surface area contributed by atoms with Crippen LogP contribution < -0.4 is 10.9 Å². The summed E-state index contributed by atoms with van der Waals surface area (Å²) in [5.74, 6) is -1.40. The van der Waals surface area contributed by atoms with Gasteiger partial charge < -0.3 is 15.0 Å². The SMILES string of the molecule is CCCCC(NC(=O)C(C)(C)Cn1cccc(C)c1=O)C(=O)O. The van der Waals surface area contributed by atoms with Crippen LogP contribution in [-0.2, 0) is 16.1 Å². The summed E-state index contributed by atoms with van der Waals surface area (Å²) in [6.07, 6.45) is 3.63. The third kappa shape index (κ3) is 5.23. The van der Waals surface area contributed by atoms with Gasteiger partial charge in [0.25, 0.3) is 5.56 Å². The lowest BCUT2D eigenvalue weighted by atomic mass is 9.91. The van der Waals surface area contributed by atoms with Crippen molar-refractivity contribution in [2.75, 3.05) is 0 Å². The van der Waals surface area contributed by atoms with Crippen molar-refractivity contribution >= 4 is 11.9 Å². The van der Waals surface area contributed by atoms with Crippen LogP contribution in [0.2, 0.25) is 0 Å². The van der Waals surface area contributed by atoms with E-state index in [1.807, 2.05) is 6.92 Å². The standard InChI is InChI=1S/C17H26N2O4/c1-5-6-9-13(15(21)22)18-16(23)17(3,4)11-19-10-7-8-12(2)14(19)20/h7-8,10,13H,5-6,9,11H2,1-4H3,(H,18,23)(H,21,22). The molecular weight excluding hydrogens is 296 g/mol. The minimum absolute atomic E-state index is 0.144. The number of carboxylic acid groups (broad SMARTS) is 1. The molecule has 0 spiro atoms. The van der Waals surface area contributed by atoms with E-state index in [-0.39, 0.29) is 18.0 Å². The molecule has 6 nitrogen and oxygen atoms in total. The van der Waals surface area contributed by atoms with Crippen LogP contribution in [0.1, 0.15) is 45.6 Å². The number of nitrogens with one attached hydrogen (secondary N) is 1. The number of carboxylic acids is 1. The Bertz CT molecular complexity index is 619. The number of hydrogen-bond acceptors (Lipinski definition) is 3. The number of amides is 1. The second-order valence-electron chi connectivity index (χ2n) is 6.51.